The van der Waals surface area contributed by atoms with Gasteiger partial charge in [0.2, 0.25) is 35.4 Å². The fraction of sp³-hybridized carbons (Fsp3) is 0.432. The zero-order valence-corrected chi connectivity index (χ0v) is 38.0. The normalized spacial score (nSPS) is 14.0. The highest BCUT2D eigenvalue weighted by Gasteiger charge is 2.35. The number of aromatic hydroxyl groups is 1. The number of rotatable bonds is 27. The first-order chi connectivity index (χ1) is 31.8. The van der Waals surface area contributed by atoms with E-state index < -0.39 is 93.4 Å². The summed E-state index contributed by atoms with van der Waals surface area (Å²) in [6.45, 7) is 4.88. The van der Waals surface area contributed by atoms with E-state index in [4.69, 9.17) is 5.73 Å². The molecule has 3 aromatic rings. The second-order valence-corrected chi connectivity index (χ2v) is 16.2. The Balaban J connectivity index is 1.99. The number of non-ortho nitro benzene ring substituents is 2. The van der Waals surface area contributed by atoms with Crippen molar-refractivity contribution in [3.05, 3.63) is 110 Å². The molecule has 6 amide bonds. The summed E-state index contributed by atoms with van der Waals surface area (Å²) in [5.41, 5.74) is 6.43. The Labute approximate surface area is 391 Å². The Morgan fingerprint density at radius 1 is 0.612 bits per heavy atom. The maximum Gasteiger partial charge on any atom is 0.326 e. The average molecular weight is 952 g/mol. The number of hydrogen-bond acceptors (Lipinski definition) is 14. The first kappa shape index (κ1) is 54.2. The van der Waals surface area contributed by atoms with Gasteiger partial charge in [0.25, 0.3) is 11.4 Å². The van der Waals surface area contributed by atoms with Crippen LogP contribution in [0.2, 0.25) is 0 Å². The lowest BCUT2D eigenvalue weighted by Gasteiger charge is -2.29. The Hall–Kier alpha value is -7.14. The lowest BCUT2D eigenvalue weighted by Crippen LogP contribution is -2.61. The van der Waals surface area contributed by atoms with E-state index in [1.54, 1.807) is 13.8 Å². The van der Waals surface area contributed by atoms with Crippen molar-refractivity contribution in [3.63, 3.8) is 0 Å². The molecule has 0 spiro atoms. The summed E-state index contributed by atoms with van der Waals surface area (Å²) in [5.74, 6) is -6.90. The third-order valence-electron chi connectivity index (χ3n) is 10.7. The van der Waals surface area contributed by atoms with Crippen molar-refractivity contribution in [1.29, 1.82) is 0 Å². The van der Waals surface area contributed by atoms with E-state index in [1.807, 2.05) is 0 Å². The molecule has 3 rings (SSSR count). The van der Waals surface area contributed by atoms with Crippen LogP contribution >= 0.6 is 12.6 Å². The highest BCUT2D eigenvalue weighted by atomic mass is 32.1. The number of carbonyl (C=O) groups excluding carboxylic acids is 6. The molecule has 67 heavy (non-hydrogen) atoms. The van der Waals surface area contributed by atoms with E-state index in [9.17, 15) is 64.0 Å². The van der Waals surface area contributed by atoms with Crippen molar-refractivity contribution >= 4 is 65.4 Å². The third kappa shape index (κ3) is 17.6. The van der Waals surface area contributed by atoms with Gasteiger partial charge in [-0.2, -0.15) is 12.6 Å². The number of thiol groups is 1. The maximum atomic E-state index is 14.4. The summed E-state index contributed by atoms with van der Waals surface area (Å²) in [5, 5.41) is 57.9. The number of aliphatic carboxylic acids is 1. The number of amides is 6. The van der Waals surface area contributed by atoms with Crippen LogP contribution in [0.4, 0.5) is 11.4 Å². The largest absolute Gasteiger partial charge is 0.508 e. The zero-order chi connectivity index (χ0) is 49.8. The third-order valence-corrected chi connectivity index (χ3v) is 11.0. The lowest BCUT2D eigenvalue weighted by atomic mass is 9.96. The molecule has 0 aliphatic rings. The van der Waals surface area contributed by atoms with Crippen molar-refractivity contribution < 1.29 is 53.6 Å². The standard InChI is InChI=1S/C44H57N9O13S/c1-4-25(2)38(51-42(59)37(24-67)46-26(3)54)43(60)49-35(21-27-8-14-30(15-9-27)52(63)64)40(57)47-33(7-5-6-20-45)39(56)48-34(22-29-12-18-32(55)19-13-29)41(58)50-36(44(61)62)23-28-10-16-31(17-11-28)53(65)66/h8-19,25,33-38,55,67H,4-7,20-24,45H2,1-3H3,(H,46,54)(H,47,57)(H,48,56)(H,49,60)(H,50,58)(H,51,59)(H,61,62). The van der Waals surface area contributed by atoms with Gasteiger partial charge in [0, 0.05) is 56.2 Å². The topological polar surface area (TPSA) is 344 Å². The number of benzene rings is 3. The number of unbranched alkanes of at least 4 members (excludes halogenated alkanes) is 1. The molecule has 362 valence electrons. The first-order valence-electron chi connectivity index (χ1n) is 21.3. The van der Waals surface area contributed by atoms with Gasteiger partial charge in [-0.05, 0) is 60.5 Å². The van der Waals surface area contributed by atoms with Gasteiger partial charge in [-0.15, -0.1) is 0 Å². The Bertz CT molecular complexity index is 2210. The summed E-state index contributed by atoms with van der Waals surface area (Å²) in [6, 6.07) is 7.64. The van der Waals surface area contributed by atoms with Crippen LogP contribution in [0.15, 0.2) is 72.8 Å². The Kier molecular flexibility index (Phi) is 21.6. The molecule has 0 aliphatic heterocycles. The summed E-state index contributed by atoms with van der Waals surface area (Å²) < 4.78 is 0. The number of phenolic OH excluding ortho intramolecular Hbond substituents is 1. The molecule has 7 unspecified atom stereocenters. The van der Waals surface area contributed by atoms with Gasteiger partial charge in [-0.3, -0.25) is 49.0 Å². The quantitative estimate of drug-likeness (QED) is 0.0223. The fourth-order valence-electron chi connectivity index (χ4n) is 6.70. The monoisotopic (exact) mass is 951 g/mol. The van der Waals surface area contributed by atoms with E-state index in [1.165, 1.54) is 79.7 Å². The number of phenols is 1. The van der Waals surface area contributed by atoms with Crippen molar-refractivity contribution in [2.24, 2.45) is 11.7 Å². The molecular formula is C44H57N9O13S. The van der Waals surface area contributed by atoms with Crippen LogP contribution in [-0.2, 0) is 52.8 Å². The van der Waals surface area contributed by atoms with Crippen molar-refractivity contribution in [3.8, 4) is 5.75 Å². The first-order valence-corrected chi connectivity index (χ1v) is 22.0. The molecule has 7 atom stereocenters. The van der Waals surface area contributed by atoms with E-state index in [0.29, 0.717) is 36.0 Å². The summed E-state index contributed by atoms with van der Waals surface area (Å²) in [6.07, 6.45) is 0.297. The van der Waals surface area contributed by atoms with Crippen LogP contribution in [0, 0.1) is 26.1 Å². The average Bonchev–Trinajstić information content (AvgIpc) is 3.29. The van der Waals surface area contributed by atoms with Crippen molar-refractivity contribution in [1.82, 2.24) is 31.9 Å². The molecule has 0 bridgehead atoms. The van der Waals surface area contributed by atoms with Gasteiger partial charge >= 0.3 is 5.97 Å². The van der Waals surface area contributed by atoms with E-state index in [2.05, 4.69) is 44.5 Å². The van der Waals surface area contributed by atoms with Gasteiger partial charge in [-0.25, -0.2) is 4.79 Å². The number of nitro groups is 2. The van der Waals surface area contributed by atoms with Gasteiger partial charge < -0.3 is 47.8 Å². The molecule has 0 radical (unpaired) electrons. The molecule has 23 heteroatoms. The molecular weight excluding hydrogens is 895 g/mol. The minimum Gasteiger partial charge on any atom is -0.508 e. The van der Waals surface area contributed by atoms with Gasteiger partial charge in [0.15, 0.2) is 0 Å². The molecule has 22 nitrogen and oxygen atoms in total. The number of carboxylic acid groups (broad SMARTS) is 1. The molecule has 0 heterocycles. The molecule has 10 N–H and O–H groups in total. The Morgan fingerprint density at radius 2 is 1.01 bits per heavy atom. The van der Waals surface area contributed by atoms with E-state index in [-0.39, 0.29) is 55.1 Å². The molecule has 0 saturated heterocycles. The predicted octanol–water partition coefficient (Wildman–Crippen LogP) is 1.35. The highest BCUT2D eigenvalue weighted by molar-refractivity contribution is 7.80. The zero-order valence-electron chi connectivity index (χ0n) is 37.1. The van der Waals surface area contributed by atoms with E-state index in [0.717, 1.165) is 0 Å². The van der Waals surface area contributed by atoms with Crippen LogP contribution < -0.4 is 37.6 Å². The second-order valence-electron chi connectivity index (χ2n) is 15.8. The van der Waals surface area contributed by atoms with Gasteiger partial charge in [0.05, 0.1) is 9.85 Å². The number of nitrogens with one attached hydrogen (secondary N) is 6. The molecule has 0 saturated carbocycles. The smallest absolute Gasteiger partial charge is 0.326 e. The fourth-order valence-corrected chi connectivity index (χ4v) is 6.96. The molecule has 0 aromatic heterocycles. The molecule has 3 aromatic carbocycles. The summed E-state index contributed by atoms with van der Waals surface area (Å²) in [4.78, 5) is 115. The molecule has 0 fully saturated rings. The number of nitro benzene ring substituents is 2. The summed E-state index contributed by atoms with van der Waals surface area (Å²) >= 11 is 4.14. The van der Waals surface area contributed by atoms with Crippen molar-refractivity contribution in [2.45, 2.75) is 102 Å². The minimum atomic E-state index is -1.56. The summed E-state index contributed by atoms with van der Waals surface area (Å²) in [7, 11) is 0. The number of hydrogen-bond donors (Lipinski definition) is 10. The van der Waals surface area contributed by atoms with Crippen molar-refractivity contribution in [2.75, 3.05) is 12.3 Å². The number of carbonyl (C=O) groups is 7. The van der Waals surface area contributed by atoms with Crippen LogP contribution in [0.1, 0.15) is 63.1 Å². The lowest BCUT2D eigenvalue weighted by molar-refractivity contribution is -0.385. The number of carboxylic acids is 1. The van der Waals surface area contributed by atoms with E-state index >= 15 is 0 Å². The minimum absolute atomic E-state index is 0.0295. The predicted molar refractivity (Wildman–Crippen MR) is 247 cm³/mol. The van der Waals surface area contributed by atoms with Crippen LogP contribution in [0.25, 0.3) is 0 Å². The number of nitrogens with two attached hydrogens (primary N) is 1. The SMILES string of the molecule is CCC(C)C(NC(=O)C(CS)NC(C)=O)C(=O)NC(Cc1ccc([N+](=O)[O-])cc1)C(=O)NC(CCCCN)C(=O)NC(Cc1ccc(O)cc1)C(=O)NC(Cc1ccc([N+](=O)[O-])cc1)C(=O)O. The van der Waals surface area contributed by atoms with Gasteiger partial charge in [0.1, 0.15) is 42.0 Å². The van der Waals surface area contributed by atoms with Crippen LogP contribution in [0.5, 0.6) is 5.75 Å². The van der Waals surface area contributed by atoms with Crippen LogP contribution in [0.3, 0.4) is 0 Å². The highest BCUT2D eigenvalue weighted by Crippen LogP contribution is 2.17. The maximum absolute atomic E-state index is 14.4. The Morgan fingerprint density at radius 3 is 1.43 bits per heavy atom. The second kappa shape index (κ2) is 26.7. The number of nitrogens with zero attached hydrogens (tertiary/aromatic N) is 2. The van der Waals surface area contributed by atoms with Crippen LogP contribution in [-0.4, -0.2) is 110 Å². The van der Waals surface area contributed by atoms with Gasteiger partial charge in [-0.1, -0.05) is 56.7 Å². The molecule has 0 aliphatic carbocycles.